The third-order valence-corrected chi connectivity index (χ3v) is 5.13. The van der Waals surface area contributed by atoms with Crippen LogP contribution in [-0.2, 0) is 4.79 Å². The van der Waals surface area contributed by atoms with E-state index >= 15 is 0 Å². The van der Waals surface area contributed by atoms with Gasteiger partial charge in [-0.05, 0) is 63.1 Å². The van der Waals surface area contributed by atoms with Crippen molar-refractivity contribution in [2.24, 2.45) is 0 Å². The maximum absolute atomic E-state index is 14.0. The van der Waals surface area contributed by atoms with Crippen LogP contribution in [-0.4, -0.2) is 35.7 Å². The number of aryl methyl sites for hydroxylation is 1. The molecule has 2 aliphatic rings. The average molecular weight is 320 g/mol. The topological polar surface area (TPSA) is 52.6 Å². The minimum Gasteiger partial charge on any atom is -0.380 e. The standard InChI is InChI=1S/C18H25FN2O2/c1-13-4-5-15(19)16(12-13)21-10-6-14(7-11-21)20-17(22)18(23)8-2-3-9-18/h4-5,12,14,23H,2-3,6-11H2,1H3,(H,20,22). The number of hydrogen-bond acceptors (Lipinski definition) is 3. The SMILES string of the molecule is Cc1ccc(F)c(N2CCC(NC(=O)C3(O)CCCC3)CC2)c1. The largest absolute Gasteiger partial charge is 0.380 e. The lowest BCUT2D eigenvalue weighted by Crippen LogP contribution is -2.52. The lowest BCUT2D eigenvalue weighted by molar-refractivity contribution is -0.140. The highest BCUT2D eigenvalue weighted by molar-refractivity contribution is 5.85. The van der Waals surface area contributed by atoms with Crippen LogP contribution in [0.3, 0.4) is 0 Å². The van der Waals surface area contributed by atoms with Gasteiger partial charge in [-0.3, -0.25) is 4.79 Å². The molecular formula is C18H25FN2O2. The summed E-state index contributed by atoms with van der Waals surface area (Å²) in [6, 6.07) is 5.22. The smallest absolute Gasteiger partial charge is 0.252 e. The van der Waals surface area contributed by atoms with Gasteiger partial charge in [0.15, 0.2) is 0 Å². The van der Waals surface area contributed by atoms with E-state index in [4.69, 9.17) is 0 Å². The van der Waals surface area contributed by atoms with Gasteiger partial charge >= 0.3 is 0 Å². The Kier molecular flexibility index (Phi) is 4.57. The van der Waals surface area contributed by atoms with Crippen molar-refractivity contribution in [1.29, 1.82) is 0 Å². The average Bonchev–Trinajstić information content (AvgIpc) is 2.99. The quantitative estimate of drug-likeness (QED) is 0.900. The summed E-state index contributed by atoms with van der Waals surface area (Å²) in [5, 5.41) is 13.3. The molecule has 1 aromatic rings. The van der Waals surface area contributed by atoms with Crippen molar-refractivity contribution in [2.45, 2.75) is 57.1 Å². The number of carbonyl (C=O) groups is 1. The molecule has 0 unspecified atom stereocenters. The molecule has 2 N–H and O–H groups in total. The minimum atomic E-state index is -1.17. The molecule has 4 nitrogen and oxygen atoms in total. The lowest BCUT2D eigenvalue weighted by atomic mass is 9.98. The van der Waals surface area contributed by atoms with Gasteiger partial charge in [0.2, 0.25) is 0 Å². The van der Waals surface area contributed by atoms with Gasteiger partial charge in [0, 0.05) is 19.1 Å². The van der Waals surface area contributed by atoms with Crippen LogP contribution in [0.2, 0.25) is 0 Å². The molecule has 126 valence electrons. The highest BCUT2D eigenvalue weighted by Gasteiger charge is 2.39. The number of anilines is 1. The number of nitrogens with one attached hydrogen (secondary N) is 1. The number of amides is 1. The number of halogens is 1. The van der Waals surface area contributed by atoms with Crippen molar-refractivity contribution in [3.8, 4) is 0 Å². The van der Waals surface area contributed by atoms with Crippen LogP contribution in [0.25, 0.3) is 0 Å². The zero-order valence-corrected chi connectivity index (χ0v) is 13.6. The van der Waals surface area contributed by atoms with Crippen LogP contribution >= 0.6 is 0 Å². The normalized spacial score (nSPS) is 21.4. The molecule has 1 aromatic carbocycles. The Labute approximate surface area is 136 Å². The van der Waals surface area contributed by atoms with Gasteiger partial charge in [0.1, 0.15) is 11.4 Å². The summed E-state index contributed by atoms with van der Waals surface area (Å²) >= 11 is 0. The predicted octanol–water partition coefficient (Wildman–Crippen LogP) is 2.52. The van der Waals surface area contributed by atoms with Gasteiger partial charge < -0.3 is 15.3 Å². The molecule has 0 radical (unpaired) electrons. The first kappa shape index (κ1) is 16.2. The molecule has 1 amide bonds. The summed E-state index contributed by atoms with van der Waals surface area (Å²) in [5.74, 6) is -0.423. The molecule has 0 aromatic heterocycles. The van der Waals surface area contributed by atoms with Crippen LogP contribution in [0.15, 0.2) is 18.2 Å². The Hall–Kier alpha value is -1.62. The highest BCUT2D eigenvalue weighted by atomic mass is 19.1. The second kappa shape index (κ2) is 6.48. The van der Waals surface area contributed by atoms with Gasteiger partial charge in [-0.1, -0.05) is 6.07 Å². The molecule has 0 bridgehead atoms. The van der Waals surface area contributed by atoms with Crippen molar-refractivity contribution in [3.63, 3.8) is 0 Å². The van der Waals surface area contributed by atoms with E-state index in [1.54, 1.807) is 6.07 Å². The summed E-state index contributed by atoms with van der Waals surface area (Å²) in [4.78, 5) is 14.3. The predicted molar refractivity (Wildman–Crippen MR) is 87.9 cm³/mol. The molecule has 5 heteroatoms. The van der Waals surface area contributed by atoms with Gasteiger partial charge in [-0.2, -0.15) is 0 Å². The van der Waals surface area contributed by atoms with Crippen molar-refractivity contribution in [3.05, 3.63) is 29.6 Å². The summed E-state index contributed by atoms with van der Waals surface area (Å²) < 4.78 is 14.0. The number of nitrogens with zero attached hydrogens (tertiary/aromatic N) is 1. The third-order valence-electron chi connectivity index (χ3n) is 5.13. The molecule has 2 fully saturated rings. The fourth-order valence-electron chi connectivity index (χ4n) is 3.64. The van der Waals surface area contributed by atoms with Crippen molar-refractivity contribution >= 4 is 11.6 Å². The van der Waals surface area contributed by atoms with Gasteiger partial charge in [0.25, 0.3) is 5.91 Å². The molecule has 0 atom stereocenters. The third kappa shape index (κ3) is 3.50. The highest BCUT2D eigenvalue weighted by Crippen LogP contribution is 2.30. The van der Waals surface area contributed by atoms with Crippen molar-refractivity contribution < 1.29 is 14.3 Å². The number of hydrogen-bond donors (Lipinski definition) is 2. The van der Waals surface area contributed by atoms with Gasteiger partial charge in [0.05, 0.1) is 5.69 Å². The van der Waals surface area contributed by atoms with Crippen molar-refractivity contribution in [1.82, 2.24) is 5.32 Å². The first-order valence-electron chi connectivity index (χ1n) is 8.52. The van der Waals surface area contributed by atoms with Crippen molar-refractivity contribution in [2.75, 3.05) is 18.0 Å². The molecule has 1 saturated heterocycles. The van der Waals surface area contributed by atoms with Crippen LogP contribution in [0.5, 0.6) is 0 Å². The minimum absolute atomic E-state index is 0.0660. The Morgan fingerprint density at radius 1 is 1.30 bits per heavy atom. The zero-order chi connectivity index (χ0) is 16.4. The Morgan fingerprint density at radius 3 is 2.61 bits per heavy atom. The van der Waals surface area contributed by atoms with Crippen LogP contribution in [0.1, 0.15) is 44.1 Å². The first-order valence-corrected chi connectivity index (χ1v) is 8.52. The van der Waals surface area contributed by atoms with E-state index in [9.17, 15) is 14.3 Å². The van der Waals surface area contributed by atoms with Crippen LogP contribution < -0.4 is 10.2 Å². The molecule has 1 aliphatic carbocycles. The van der Waals surface area contributed by atoms with Crippen LogP contribution in [0.4, 0.5) is 10.1 Å². The molecule has 23 heavy (non-hydrogen) atoms. The molecule has 0 spiro atoms. The van der Waals surface area contributed by atoms with E-state index in [0.29, 0.717) is 31.6 Å². The number of benzene rings is 1. The maximum Gasteiger partial charge on any atom is 0.252 e. The second-order valence-electron chi connectivity index (χ2n) is 6.93. The summed E-state index contributed by atoms with van der Waals surface area (Å²) in [6.45, 7) is 3.38. The second-order valence-corrected chi connectivity index (χ2v) is 6.93. The molecule has 3 rings (SSSR count). The number of piperidine rings is 1. The van der Waals surface area contributed by atoms with E-state index < -0.39 is 5.60 Å². The molecule has 1 saturated carbocycles. The van der Waals surface area contributed by atoms with E-state index in [2.05, 4.69) is 5.32 Å². The van der Waals surface area contributed by atoms with E-state index in [-0.39, 0.29) is 17.8 Å². The van der Waals surface area contributed by atoms with Gasteiger partial charge in [-0.15, -0.1) is 0 Å². The monoisotopic (exact) mass is 320 g/mol. The summed E-state index contributed by atoms with van der Waals surface area (Å²) in [6.07, 6.45) is 4.49. The van der Waals surface area contributed by atoms with E-state index in [1.807, 2.05) is 17.9 Å². The first-order chi connectivity index (χ1) is 11.0. The molecule has 1 heterocycles. The fourth-order valence-corrected chi connectivity index (χ4v) is 3.64. The number of rotatable bonds is 3. The lowest BCUT2D eigenvalue weighted by Gasteiger charge is -2.35. The Balaban J connectivity index is 1.56. The molecule has 1 aliphatic heterocycles. The van der Waals surface area contributed by atoms with E-state index in [1.165, 1.54) is 6.07 Å². The van der Waals surface area contributed by atoms with Gasteiger partial charge in [-0.25, -0.2) is 4.39 Å². The summed E-state index contributed by atoms with van der Waals surface area (Å²) in [5.41, 5.74) is 0.518. The number of carbonyl (C=O) groups excluding carboxylic acids is 1. The zero-order valence-electron chi connectivity index (χ0n) is 13.6. The number of aliphatic hydroxyl groups is 1. The van der Waals surface area contributed by atoms with Crippen LogP contribution in [0, 0.1) is 12.7 Å². The maximum atomic E-state index is 14.0. The Bertz CT molecular complexity index is 576. The fraction of sp³-hybridized carbons (Fsp3) is 0.611. The van der Waals surface area contributed by atoms with E-state index in [0.717, 1.165) is 31.2 Å². The Morgan fingerprint density at radius 2 is 1.96 bits per heavy atom. The summed E-state index contributed by atoms with van der Waals surface area (Å²) in [7, 11) is 0. The molecular weight excluding hydrogens is 295 g/mol.